The van der Waals surface area contributed by atoms with Crippen molar-refractivity contribution in [1.82, 2.24) is 5.32 Å². The molecule has 2 N–H and O–H groups in total. The number of aryl methyl sites for hydroxylation is 1. The number of likely N-dealkylation sites (N-methyl/N-ethyl adjacent to an activating group) is 1. The largest absolute Gasteiger partial charge is 0.508 e. The zero-order chi connectivity index (χ0) is 16.4. The van der Waals surface area contributed by atoms with Crippen LogP contribution in [0, 0.1) is 6.92 Å². The second-order valence-electron chi connectivity index (χ2n) is 5.65. The summed E-state index contributed by atoms with van der Waals surface area (Å²) in [7, 11) is 1.86. The van der Waals surface area contributed by atoms with Gasteiger partial charge in [-0.25, -0.2) is 0 Å². The Balaban J connectivity index is 2.00. The highest BCUT2D eigenvalue weighted by Gasteiger charge is 2.35. The molecule has 0 radical (unpaired) electrons. The molecule has 0 saturated carbocycles. The Morgan fingerprint density at radius 3 is 2.65 bits per heavy atom. The molecule has 120 valence electrons. The van der Waals surface area contributed by atoms with Crippen LogP contribution in [0.1, 0.15) is 17.2 Å². The number of hydrogen-bond acceptors (Lipinski definition) is 4. The number of rotatable bonds is 4. The van der Waals surface area contributed by atoms with E-state index >= 15 is 0 Å². The SMILES string of the molecule is CNCCN1C(=O)C(c2ccc(O)cc2)Oc2ccc(C)cc21. The molecule has 1 heterocycles. The van der Waals surface area contributed by atoms with Gasteiger partial charge in [-0.05, 0) is 43.8 Å². The van der Waals surface area contributed by atoms with Gasteiger partial charge in [-0.1, -0.05) is 18.2 Å². The van der Waals surface area contributed by atoms with Crippen LogP contribution in [0.2, 0.25) is 0 Å². The van der Waals surface area contributed by atoms with Gasteiger partial charge in [0, 0.05) is 18.7 Å². The van der Waals surface area contributed by atoms with Crippen molar-refractivity contribution in [2.75, 3.05) is 25.0 Å². The highest BCUT2D eigenvalue weighted by atomic mass is 16.5. The van der Waals surface area contributed by atoms with Gasteiger partial charge in [0.05, 0.1) is 5.69 Å². The van der Waals surface area contributed by atoms with Gasteiger partial charge < -0.3 is 20.1 Å². The average molecular weight is 312 g/mol. The molecule has 5 heteroatoms. The van der Waals surface area contributed by atoms with E-state index in [4.69, 9.17) is 4.74 Å². The lowest BCUT2D eigenvalue weighted by atomic mass is 10.0. The number of carbonyl (C=O) groups excluding carboxylic acids is 1. The Hall–Kier alpha value is -2.53. The number of fused-ring (bicyclic) bond motifs is 1. The first-order chi connectivity index (χ1) is 11.1. The molecule has 1 aliphatic rings. The Morgan fingerprint density at radius 2 is 1.96 bits per heavy atom. The van der Waals surface area contributed by atoms with E-state index < -0.39 is 6.10 Å². The lowest BCUT2D eigenvalue weighted by Crippen LogP contribution is -2.44. The number of nitrogens with one attached hydrogen (secondary N) is 1. The van der Waals surface area contributed by atoms with Crippen LogP contribution in [0.5, 0.6) is 11.5 Å². The number of carbonyl (C=O) groups is 1. The number of nitrogens with zero attached hydrogens (tertiary/aromatic N) is 1. The first kappa shape index (κ1) is 15.4. The van der Waals surface area contributed by atoms with Crippen molar-refractivity contribution in [2.24, 2.45) is 0 Å². The number of anilines is 1. The highest BCUT2D eigenvalue weighted by Crippen LogP contribution is 2.39. The molecule has 3 rings (SSSR count). The van der Waals surface area contributed by atoms with Crippen LogP contribution in [0.15, 0.2) is 42.5 Å². The third-order valence-electron chi connectivity index (χ3n) is 3.92. The first-order valence-corrected chi connectivity index (χ1v) is 7.62. The van der Waals surface area contributed by atoms with Gasteiger partial charge in [0.25, 0.3) is 5.91 Å². The van der Waals surface area contributed by atoms with Crippen molar-refractivity contribution < 1.29 is 14.6 Å². The normalized spacial score (nSPS) is 16.9. The molecule has 0 saturated heterocycles. The number of amides is 1. The van der Waals surface area contributed by atoms with Gasteiger partial charge in [0.15, 0.2) is 0 Å². The smallest absolute Gasteiger partial charge is 0.272 e. The summed E-state index contributed by atoms with van der Waals surface area (Å²) in [6.45, 7) is 3.26. The summed E-state index contributed by atoms with van der Waals surface area (Å²) in [6.07, 6.45) is -0.692. The fraction of sp³-hybridized carbons (Fsp3) is 0.278. The molecule has 0 fully saturated rings. The van der Waals surface area contributed by atoms with E-state index in [0.29, 0.717) is 18.8 Å². The van der Waals surface area contributed by atoms with Crippen molar-refractivity contribution in [3.8, 4) is 11.5 Å². The Kier molecular flexibility index (Phi) is 4.21. The second-order valence-corrected chi connectivity index (χ2v) is 5.65. The lowest BCUT2D eigenvalue weighted by molar-refractivity contribution is -0.126. The van der Waals surface area contributed by atoms with Crippen LogP contribution < -0.4 is 15.0 Å². The zero-order valence-corrected chi connectivity index (χ0v) is 13.2. The topological polar surface area (TPSA) is 61.8 Å². The lowest BCUT2D eigenvalue weighted by Gasteiger charge is -2.34. The van der Waals surface area contributed by atoms with Crippen LogP contribution in [0.25, 0.3) is 0 Å². The first-order valence-electron chi connectivity index (χ1n) is 7.62. The van der Waals surface area contributed by atoms with E-state index in [1.807, 2.05) is 32.2 Å². The van der Waals surface area contributed by atoms with E-state index in [9.17, 15) is 9.90 Å². The average Bonchev–Trinajstić information content (AvgIpc) is 2.55. The van der Waals surface area contributed by atoms with Crippen molar-refractivity contribution >= 4 is 11.6 Å². The van der Waals surface area contributed by atoms with Gasteiger partial charge in [-0.15, -0.1) is 0 Å². The summed E-state index contributed by atoms with van der Waals surface area (Å²) >= 11 is 0. The van der Waals surface area contributed by atoms with Gasteiger partial charge in [0.1, 0.15) is 11.5 Å². The van der Waals surface area contributed by atoms with Crippen LogP contribution in [0.4, 0.5) is 5.69 Å². The van der Waals surface area contributed by atoms with Crippen molar-refractivity contribution in [3.05, 3.63) is 53.6 Å². The third-order valence-corrected chi connectivity index (χ3v) is 3.92. The van der Waals surface area contributed by atoms with Crippen LogP contribution in [-0.4, -0.2) is 31.2 Å². The summed E-state index contributed by atoms with van der Waals surface area (Å²) in [4.78, 5) is 14.7. The Bertz CT molecular complexity index is 713. The summed E-state index contributed by atoms with van der Waals surface area (Å²) < 4.78 is 5.94. The van der Waals surface area contributed by atoms with Crippen LogP contribution in [0.3, 0.4) is 0 Å². The molecule has 0 aromatic heterocycles. The summed E-state index contributed by atoms with van der Waals surface area (Å²) in [5.41, 5.74) is 2.62. The molecule has 1 amide bonds. The summed E-state index contributed by atoms with van der Waals surface area (Å²) in [5, 5.41) is 12.5. The van der Waals surface area contributed by atoms with Gasteiger partial charge >= 0.3 is 0 Å². The minimum atomic E-state index is -0.692. The molecular weight excluding hydrogens is 292 g/mol. The molecule has 1 atom stereocenters. The second kappa shape index (κ2) is 6.30. The Labute approximate surface area is 135 Å². The molecule has 1 unspecified atom stereocenters. The number of benzene rings is 2. The number of phenolic OH excluding ortho intramolecular Hbond substituents is 1. The Morgan fingerprint density at radius 1 is 1.22 bits per heavy atom. The van der Waals surface area contributed by atoms with E-state index in [1.165, 1.54) is 0 Å². The number of phenols is 1. The van der Waals surface area contributed by atoms with E-state index in [0.717, 1.165) is 16.8 Å². The summed E-state index contributed by atoms with van der Waals surface area (Å²) in [5.74, 6) is 0.772. The molecule has 5 nitrogen and oxygen atoms in total. The van der Waals surface area contributed by atoms with Crippen LogP contribution in [-0.2, 0) is 4.79 Å². The molecular formula is C18H20N2O3. The molecule has 23 heavy (non-hydrogen) atoms. The van der Waals surface area contributed by atoms with E-state index in [-0.39, 0.29) is 11.7 Å². The minimum absolute atomic E-state index is 0.0935. The number of ether oxygens (including phenoxy) is 1. The number of hydrogen-bond donors (Lipinski definition) is 2. The maximum absolute atomic E-state index is 12.9. The van der Waals surface area contributed by atoms with Gasteiger partial charge in [-0.3, -0.25) is 4.79 Å². The standard InChI is InChI=1S/C18H20N2O3/c1-12-3-8-16-15(11-12)20(10-9-19-2)18(22)17(23-16)13-4-6-14(21)7-5-13/h3-8,11,17,19,21H,9-10H2,1-2H3. The van der Waals surface area contributed by atoms with Crippen LogP contribution >= 0.6 is 0 Å². The van der Waals surface area contributed by atoms with Gasteiger partial charge in [0.2, 0.25) is 6.10 Å². The quantitative estimate of drug-likeness (QED) is 0.910. The highest BCUT2D eigenvalue weighted by molar-refractivity contribution is 6.00. The molecule has 0 spiro atoms. The maximum Gasteiger partial charge on any atom is 0.272 e. The fourth-order valence-electron chi connectivity index (χ4n) is 2.69. The van der Waals surface area contributed by atoms with E-state index in [2.05, 4.69) is 5.32 Å². The van der Waals surface area contributed by atoms with E-state index in [1.54, 1.807) is 29.2 Å². The minimum Gasteiger partial charge on any atom is -0.508 e. The molecule has 0 aliphatic carbocycles. The van der Waals surface area contributed by atoms with Crippen molar-refractivity contribution in [1.29, 1.82) is 0 Å². The molecule has 2 aromatic carbocycles. The number of aromatic hydroxyl groups is 1. The van der Waals surface area contributed by atoms with Crippen molar-refractivity contribution in [2.45, 2.75) is 13.0 Å². The predicted octanol–water partition coefficient (Wildman–Crippen LogP) is 2.39. The molecule has 0 bridgehead atoms. The zero-order valence-electron chi connectivity index (χ0n) is 13.2. The maximum atomic E-state index is 12.9. The molecule has 1 aliphatic heterocycles. The summed E-state index contributed by atoms with van der Waals surface area (Å²) in [6, 6.07) is 12.4. The third kappa shape index (κ3) is 3.00. The predicted molar refractivity (Wildman–Crippen MR) is 88.9 cm³/mol. The van der Waals surface area contributed by atoms with Crippen molar-refractivity contribution in [3.63, 3.8) is 0 Å². The fourth-order valence-corrected chi connectivity index (χ4v) is 2.69. The monoisotopic (exact) mass is 312 g/mol. The molecule has 2 aromatic rings. The van der Waals surface area contributed by atoms with Gasteiger partial charge in [-0.2, -0.15) is 0 Å².